The highest BCUT2D eigenvalue weighted by Gasteiger charge is 2.38. The highest BCUT2D eigenvalue weighted by Crippen LogP contribution is 2.42. The fourth-order valence-corrected chi connectivity index (χ4v) is 6.11. The molecule has 3 aromatic rings. The minimum atomic E-state index is -0.346. The summed E-state index contributed by atoms with van der Waals surface area (Å²) < 4.78 is 5.55. The zero-order valence-electron chi connectivity index (χ0n) is 25.0. The van der Waals surface area contributed by atoms with Gasteiger partial charge in [0, 0.05) is 54.9 Å². The first-order chi connectivity index (χ1) is 20.5. The number of anilines is 2. The Balaban J connectivity index is 1.42. The van der Waals surface area contributed by atoms with Crippen molar-refractivity contribution in [1.29, 1.82) is 0 Å². The van der Waals surface area contributed by atoms with Gasteiger partial charge in [0.1, 0.15) is 10.9 Å². The minimum absolute atomic E-state index is 0.0550. The minimum Gasteiger partial charge on any atom is -0.496 e. The number of rotatable bonds is 8. The second-order valence-corrected chi connectivity index (χ2v) is 11.4. The molecule has 2 aliphatic heterocycles. The molecule has 0 aromatic carbocycles. The molecule has 0 bridgehead atoms. The SMILES string of the molecule is COc1c(C)cnc(CN2C(=O)/C(=C/c3[nH]c(C)c(C(=O)NCCN4CCC(O)CC4)c3C)c3c(Cl)nc(N)nc32)c1C. The summed E-state index contributed by atoms with van der Waals surface area (Å²) in [5.74, 6) is 0.392. The molecule has 13 heteroatoms. The summed E-state index contributed by atoms with van der Waals surface area (Å²) >= 11 is 6.55. The van der Waals surface area contributed by atoms with E-state index in [1.165, 1.54) is 4.90 Å². The number of likely N-dealkylation sites (tertiary alicyclic amines) is 1. The first kappa shape index (κ1) is 30.5. The van der Waals surface area contributed by atoms with E-state index in [0.717, 1.165) is 37.1 Å². The topological polar surface area (TPSA) is 163 Å². The van der Waals surface area contributed by atoms with Crippen LogP contribution in [0.25, 0.3) is 11.6 Å². The van der Waals surface area contributed by atoms with Gasteiger partial charge in [0.15, 0.2) is 5.82 Å². The van der Waals surface area contributed by atoms with Crippen molar-refractivity contribution < 1.29 is 19.4 Å². The van der Waals surface area contributed by atoms with Gasteiger partial charge in [-0.1, -0.05) is 11.6 Å². The lowest BCUT2D eigenvalue weighted by atomic mass is 10.1. The Morgan fingerprint density at radius 3 is 2.65 bits per heavy atom. The van der Waals surface area contributed by atoms with Gasteiger partial charge in [0.2, 0.25) is 5.95 Å². The van der Waals surface area contributed by atoms with E-state index in [1.54, 1.807) is 19.4 Å². The number of hydrogen-bond acceptors (Lipinski definition) is 9. The number of aromatic amines is 1. The number of carbonyl (C=O) groups excluding carboxylic acids is 2. The number of amides is 2. The van der Waals surface area contributed by atoms with Gasteiger partial charge < -0.3 is 30.8 Å². The van der Waals surface area contributed by atoms with Gasteiger partial charge in [-0.3, -0.25) is 19.5 Å². The number of nitrogens with two attached hydrogens (primary N) is 1. The Bertz CT molecular complexity index is 1610. The zero-order chi connectivity index (χ0) is 31.0. The second kappa shape index (κ2) is 12.3. The van der Waals surface area contributed by atoms with E-state index >= 15 is 0 Å². The van der Waals surface area contributed by atoms with E-state index in [1.807, 2.05) is 27.7 Å². The predicted octanol–water partition coefficient (Wildman–Crippen LogP) is 2.95. The zero-order valence-corrected chi connectivity index (χ0v) is 25.8. The Kier molecular flexibility index (Phi) is 8.72. The summed E-state index contributed by atoms with van der Waals surface area (Å²) in [7, 11) is 1.60. The highest BCUT2D eigenvalue weighted by atomic mass is 35.5. The van der Waals surface area contributed by atoms with Gasteiger partial charge >= 0.3 is 0 Å². The molecule has 1 fully saturated rings. The number of carbonyl (C=O) groups is 2. The molecule has 0 unspecified atom stereocenters. The molecule has 0 spiro atoms. The van der Waals surface area contributed by atoms with Crippen LogP contribution in [0, 0.1) is 27.7 Å². The fourth-order valence-electron chi connectivity index (χ4n) is 5.84. The summed E-state index contributed by atoms with van der Waals surface area (Å²) in [5.41, 5.74) is 11.4. The third-order valence-corrected chi connectivity index (χ3v) is 8.46. The van der Waals surface area contributed by atoms with Crippen LogP contribution in [-0.2, 0) is 11.3 Å². The largest absolute Gasteiger partial charge is 0.496 e. The molecule has 3 aromatic heterocycles. The molecule has 0 radical (unpaired) electrons. The van der Waals surface area contributed by atoms with Gasteiger partial charge in [-0.15, -0.1) is 0 Å². The maximum atomic E-state index is 13.9. The quantitative estimate of drug-likeness (QED) is 0.222. The Hall–Kier alpha value is -4.00. The first-order valence-electron chi connectivity index (χ1n) is 14.2. The van der Waals surface area contributed by atoms with Crippen molar-refractivity contribution in [2.75, 3.05) is 43.9 Å². The van der Waals surface area contributed by atoms with Crippen LogP contribution in [0.15, 0.2) is 6.20 Å². The Morgan fingerprint density at radius 2 is 1.95 bits per heavy atom. The van der Waals surface area contributed by atoms with E-state index in [2.05, 4.69) is 30.2 Å². The van der Waals surface area contributed by atoms with Crippen molar-refractivity contribution in [3.05, 3.63) is 56.2 Å². The van der Waals surface area contributed by atoms with E-state index in [0.29, 0.717) is 58.4 Å². The molecule has 5 N–H and O–H groups in total. The smallest absolute Gasteiger partial charge is 0.260 e. The Labute approximate surface area is 255 Å². The van der Waals surface area contributed by atoms with Crippen molar-refractivity contribution in [3.63, 3.8) is 0 Å². The summed E-state index contributed by atoms with van der Waals surface area (Å²) in [5, 5.41) is 12.8. The molecule has 228 valence electrons. The van der Waals surface area contributed by atoms with Crippen molar-refractivity contribution in [2.45, 2.75) is 53.2 Å². The van der Waals surface area contributed by atoms with Crippen molar-refractivity contribution >= 4 is 46.8 Å². The van der Waals surface area contributed by atoms with E-state index in [4.69, 9.17) is 22.1 Å². The van der Waals surface area contributed by atoms with E-state index in [-0.39, 0.29) is 41.1 Å². The van der Waals surface area contributed by atoms with Crippen LogP contribution in [-0.4, -0.2) is 81.1 Å². The van der Waals surface area contributed by atoms with Crippen LogP contribution in [0.3, 0.4) is 0 Å². The first-order valence-corrected chi connectivity index (χ1v) is 14.6. The number of hydrogen-bond donors (Lipinski definition) is 4. The standard InChI is InChI=1S/C30H37ClN8O4/c1-15-13-34-22(17(3)25(15)43-5)14-39-27-24(26(31)36-30(32)37-27)20(29(39)42)12-21-16(2)23(18(4)35-21)28(41)33-8-11-38-9-6-19(40)7-10-38/h12-13,19,35,40H,6-11,14H2,1-5H3,(H,33,41)(H2,32,36,37)/b20-12+. The van der Waals surface area contributed by atoms with Crippen LogP contribution >= 0.6 is 11.6 Å². The molecule has 2 amide bonds. The number of aliphatic hydroxyl groups excluding tert-OH is 1. The number of aryl methyl sites for hydroxylation is 2. The molecule has 2 aliphatic rings. The number of ether oxygens (including phenoxy) is 1. The Morgan fingerprint density at radius 1 is 1.23 bits per heavy atom. The van der Waals surface area contributed by atoms with Crippen molar-refractivity contribution in [2.24, 2.45) is 0 Å². The van der Waals surface area contributed by atoms with Gasteiger partial charge in [-0.25, -0.2) is 4.98 Å². The average Bonchev–Trinajstić information content (AvgIpc) is 3.38. The summed E-state index contributed by atoms with van der Waals surface area (Å²) in [4.78, 5) is 47.1. The predicted molar refractivity (Wildman–Crippen MR) is 165 cm³/mol. The number of nitrogen functional groups attached to an aromatic ring is 1. The molecule has 5 heterocycles. The number of nitrogens with one attached hydrogen (secondary N) is 2. The van der Waals surface area contributed by atoms with E-state index < -0.39 is 0 Å². The maximum Gasteiger partial charge on any atom is 0.260 e. The number of fused-ring (bicyclic) bond motifs is 1. The molecule has 0 saturated carbocycles. The van der Waals surface area contributed by atoms with Gasteiger partial charge in [-0.2, -0.15) is 4.98 Å². The lowest BCUT2D eigenvalue weighted by Crippen LogP contribution is -2.40. The summed E-state index contributed by atoms with van der Waals surface area (Å²) in [6, 6.07) is 0. The fraction of sp³-hybridized carbons (Fsp3) is 0.433. The monoisotopic (exact) mass is 608 g/mol. The number of nitrogens with zero attached hydrogens (tertiary/aromatic N) is 5. The molecule has 12 nitrogen and oxygen atoms in total. The lowest BCUT2D eigenvalue weighted by molar-refractivity contribution is -0.113. The molecule has 0 atom stereocenters. The van der Waals surface area contributed by atoms with Crippen molar-refractivity contribution in [3.8, 4) is 5.75 Å². The normalized spacial score (nSPS) is 16.7. The van der Waals surface area contributed by atoms with Gasteiger partial charge in [0.05, 0.1) is 42.2 Å². The molecule has 1 saturated heterocycles. The molecule has 43 heavy (non-hydrogen) atoms. The molecular weight excluding hydrogens is 572 g/mol. The van der Waals surface area contributed by atoms with Gasteiger partial charge in [0.25, 0.3) is 11.8 Å². The van der Waals surface area contributed by atoms with Crippen molar-refractivity contribution in [1.82, 2.24) is 30.2 Å². The number of halogens is 1. The third kappa shape index (κ3) is 5.95. The summed E-state index contributed by atoms with van der Waals surface area (Å²) in [6.07, 6.45) is 4.65. The summed E-state index contributed by atoms with van der Waals surface area (Å²) in [6.45, 7) is 10.4. The number of aromatic nitrogens is 4. The van der Waals surface area contributed by atoms with Crippen LogP contribution in [0.2, 0.25) is 5.15 Å². The second-order valence-electron chi connectivity index (χ2n) is 11.1. The molecule has 5 rings (SSSR count). The number of methoxy groups -OCH3 is 1. The molecular formula is C30H37ClN8O4. The maximum absolute atomic E-state index is 13.9. The average molecular weight is 609 g/mol. The van der Waals surface area contributed by atoms with Crippen LogP contribution in [0.5, 0.6) is 5.75 Å². The number of aliphatic hydroxyl groups is 1. The van der Waals surface area contributed by atoms with Crippen LogP contribution in [0.4, 0.5) is 11.8 Å². The highest BCUT2D eigenvalue weighted by molar-refractivity contribution is 6.41. The van der Waals surface area contributed by atoms with Crippen LogP contribution in [0.1, 0.15) is 62.5 Å². The molecule has 0 aliphatic carbocycles. The number of piperidine rings is 1. The number of H-pyrrole nitrogens is 1. The third-order valence-electron chi connectivity index (χ3n) is 8.18. The van der Waals surface area contributed by atoms with Gasteiger partial charge in [-0.05, 0) is 52.2 Å². The lowest BCUT2D eigenvalue weighted by Gasteiger charge is -2.29. The van der Waals surface area contributed by atoms with Crippen LogP contribution < -0.4 is 20.7 Å². The number of pyridine rings is 1. The van der Waals surface area contributed by atoms with E-state index in [9.17, 15) is 14.7 Å².